The van der Waals surface area contributed by atoms with Crippen molar-refractivity contribution in [3.8, 4) is 34.5 Å². The second-order valence-electron chi connectivity index (χ2n) is 5.91. The SMILES string of the molecule is Oc1cc(-c2ccc(Oc3cccc(OCC4CC4)c3)cc2)no1. The molecule has 3 aromatic rings. The molecule has 4 rings (SSSR count). The second-order valence-corrected chi connectivity index (χ2v) is 5.91. The molecule has 1 saturated carbocycles. The van der Waals surface area contributed by atoms with Crippen molar-refractivity contribution >= 4 is 0 Å². The third kappa shape index (κ3) is 3.51. The van der Waals surface area contributed by atoms with Crippen LogP contribution in [-0.2, 0) is 0 Å². The van der Waals surface area contributed by atoms with Crippen molar-refractivity contribution in [1.29, 1.82) is 0 Å². The molecule has 24 heavy (non-hydrogen) atoms. The Morgan fingerprint density at radius 1 is 1.00 bits per heavy atom. The molecular weight excluding hydrogens is 306 g/mol. The zero-order chi connectivity index (χ0) is 16.4. The molecule has 0 saturated heterocycles. The Labute approximate surface area is 139 Å². The number of aromatic hydroxyl groups is 1. The van der Waals surface area contributed by atoms with Crippen molar-refractivity contribution in [2.45, 2.75) is 12.8 Å². The summed E-state index contributed by atoms with van der Waals surface area (Å²) in [5.74, 6) is 2.79. The summed E-state index contributed by atoms with van der Waals surface area (Å²) in [4.78, 5) is 0. The van der Waals surface area contributed by atoms with Crippen molar-refractivity contribution in [3.63, 3.8) is 0 Å². The van der Waals surface area contributed by atoms with E-state index in [1.807, 2.05) is 48.5 Å². The molecule has 0 aliphatic heterocycles. The zero-order valence-electron chi connectivity index (χ0n) is 13.0. The minimum absolute atomic E-state index is 0.201. The number of nitrogens with zero attached hydrogens (tertiary/aromatic N) is 1. The number of benzene rings is 2. The Hall–Kier alpha value is -2.95. The minimum Gasteiger partial charge on any atom is -0.493 e. The summed E-state index contributed by atoms with van der Waals surface area (Å²) in [7, 11) is 0. The van der Waals surface area contributed by atoms with E-state index < -0.39 is 0 Å². The average Bonchev–Trinajstić information content (AvgIpc) is 3.34. The maximum Gasteiger partial charge on any atom is 0.309 e. The highest BCUT2D eigenvalue weighted by atomic mass is 16.5. The molecule has 1 heterocycles. The maximum absolute atomic E-state index is 9.21. The minimum atomic E-state index is -0.201. The van der Waals surface area contributed by atoms with Gasteiger partial charge in [0.15, 0.2) is 0 Å². The number of aromatic nitrogens is 1. The zero-order valence-corrected chi connectivity index (χ0v) is 13.0. The Bertz CT molecular complexity index is 821. The van der Waals surface area contributed by atoms with Crippen LogP contribution < -0.4 is 9.47 Å². The van der Waals surface area contributed by atoms with Crippen LogP contribution in [0.4, 0.5) is 0 Å². The summed E-state index contributed by atoms with van der Waals surface area (Å²) in [6.07, 6.45) is 2.54. The molecule has 0 atom stereocenters. The number of hydrogen-bond donors (Lipinski definition) is 1. The molecule has 0 amide bonds. The van der Waals surface area contributed by atoms with Crippen LogP contribution in [0.25, 0.3) is 11.3 Å². The summed E-state index contributed by atoms with van der Waals surface area (Å²) < 4.78 is 16.3. The molecule has 0 unspecified atom stereocenters. The molecule has 1 N–H and O–H groups in total. The van der Waals surface area contributed by atoms with E-state index in [2.05, 4.69) is 9.68 Å². The van der Waals surface area contributed by atoms with Gasteiger partial charge in [0, 0.05) is 11.6 Å². The highest BCUT2D eigenvalue weighted by molar-refractivity contribution is 5.60. The highest BCUT2D eigenvalue weighted by Crippen LogP contribution is 2.31. The Kier molecular flexibility index (Phi) is 3.83. The van der Waals surface area contributed by atoms with Crippen LogP contribution in [0.3, 0.4) is 0 Å². The molecule has 2 aromatic carbocycles. The van der Waals surface area contributed by atoms with E-state index in [9.17, 15) is 5.11 Å². The quantitative estimate of drug-likeness (QED) is 0.716. The molecule has 0 radical (unpaired) electrons. The third-order valence-electron chi connectivity index (χ3n) is 3.87. The fourth-order valence-electron chi connectivity index (χ4n) is 2.36. The topological polar surface area (TPSA) is 64.7 Å². The molecule has 0 bridgehead atoms. The van der Waals surface area contributed by atoms with E-state index in [1.54, 1.807) is 0 Å². The lowest BCUT2D eigenvalue weighted by molar-refractivity contribution is 0.278. The van der Waals surface area contributed by atoms with Crippen LogP contribution in [0.1, 0.15) is 12.8 Å². The van der Waals surface area contributed by atoms with E-state index in [0.717, 1.165) is 29.6 Å². The van der Waals surface area contributed by atoms with E-state index >= 15 is 0 Å². The van der Waals surface area contributed by atoms with Gasteiger partial charge in [-0.2, -0.15) is 0 Å². The van der Waals surface area contributed by atoms with Crippen molar-refractivity contribution in [3.05, 3.63) is 54.6 Å². The van der Waals surface area contributed by atoms with E-state index in [1.165, 1.54) is 18.9 Å². The lowest BCUT2D eigenvalue weighted by Gasteiger charge is -2.09. The monoisotopic (exact) mass is 323 g/mol. The Balaban J connectivity index is 1.43. The van der Waals surface area contributed by atoms with Gasteiger partial charge in [-0.1, -0.05) is 11.2 Å². The van der Waals surface area contributed by atoms with Crippen LogP contribution in [0.5, 0.6) is 23.2 Å². The lowest BCUT2D eigenvalue weighted by atomic mass is 10.1. The van der Waals surface area contributed by atoms with Crippen LogP contribution in [0.2, 0.25) is 0 Å². The lowest BCUT2D eigenvalue weighted by Crippen LogP contribution is -1.98. The van der Waals surface area contributed by atoms with Crippen LogP contribution in [0.15, 0.2) is 59.1 Å². The molecule has 1 aliphatic carbocycles. The normalized spacial score (nSPS) is 13.7. The summed E-state index contributed by atoms with van der Waals surface area (Å²) in [6, 6.07) is 16.5. The van der Waals surface area contributed by atoms with Gasteiger partial charge in [-0.05, 0) is 55.2 Å². The molecule has 5 heteroatoms. The first kappa shape index (κ1) is 14.6. The summed E-state index contributed by atoms with van der Waals surface area (Å²) in [6.45, 7) is 0.780. The van der Waals surface area contributed by atoms with Gasteiger partial charge in [-0.25, -0.2) is 0 Å². The van der Waals surface area contributed by atoms with Gasteiger partial charge in [0.25, 0.3) is 0 Å². The summed E-state index contributed by atoms with van der Waals surface area (Å²) in [5, 5.41) is 13.0. The maximum atomic E-state index is 9.21. The second kappa shape index (κ2) is 6.28. The van der Waals surface area contributed by atoms with E-state index in [-0.39, 0.29) is 5.95 Å². The first-order valence-corrected chi connectivity index (χ1v) is 7.93. The fourth-order valence-corrected chi connectivity index (χ4v) is 2.36. The van der Waals surface area contributed by atoms with Crippen molar-refractivity contribution in [2.24, 2.45) is 5.92 Å². The Morgan fingerprint density at radius 2 is 1.79 bits per heavy atom. The average molecular weight is 323 g/mol. The number of hydrogen-bond acceptors (Lipinski definition) is 5. The van der Waals surface area contributed by atoms with Gasteiger partial charge in [0.05, 0.1) is 12.7 Å². The number of ether oxygens (including phenoxy) is 2. The first-order valence-electron chi connectivity index (χ1n) is 7.93. The van der Waals surface area contributed by atoms with E-state index in [0.29, 0.717) is 11.4 Å². The molecule has 122 valence electrons. The summed E-state index contributed by atoms with van der Waals surface area (Å²) >= 11 is 0. The Morgan fingerprint density at radius 3 is 2.50 bits per heavy atom. The smallest absolute Gasteiger partial charge is 0.309 e. The van der Waals surface area contributed by atoms with Gasteiger partial charge >= 0.3 is 5.95 Å². The standard InChI is InChI=1S/C19H17NO4/c21-19-11-18(20-24-19)14-6-8-15(9-7-14)23-17-3-1-2-16(10-17)22-12-13-4-5-13/h1-3,6-11,13,21H,4-5,12H2. The molecular formula is C19H17NO4. The van der Waals surface area contributed by atoms with Crippen LogP contribution in [-0.4, -0.2) is 16.9 Å². The highest BCUT2D eigenvalue weighted by Gasteiger charge is 2.21. The largest absolute Gasteiger partial charge is 0.493 e. The van der Waals surface area contributed by atoms with Gasteiger partial charge in [-0.15, -0.1) is 0 Å². The predicted molar refractivity (Wildman–Crippen MR) is 88.3 cm³/mol. The molecule has 0 spiro atoms. The summed E-state index contributed by atoms with van der Waals surface area (Å²) in [5.41, 5.74) is 1.42. The van der Waals surface area contributed by atoms with Gasteiger partial charge < -0.3 is 19.1 Å². The van der Waals surface area contributed by atoms with Crippen molar-refractivity contribution in [2.75, 3.05) is 6.61 Å². The van der Waals surface area contributed by atoms with Gasteiger partial charge in [-0.3, -0.25) is 0 Å². The molecule has 1 aliphatic rings. The van der Waals surface area contributed by atoms with Crippen molar-refractivity contribution in [1.82, 2.24) is 5.16 Å². The first-order chi connectivity index (χ1) is 11.8. The molecule has 5 nitrogen and oxygen atoms in total. The predicted octanol–water partition coefficient (Wildman–Crippen LogP) is 4.63. The van der Waals surface area contributed by atoms with Gasteiger partial charge in [0.2, 0.25) is 0 Å². The molecule has 1 aromatic heterocycles. The number of rotatable bonds is 6. The van der Waals surface area contributed by atoms with Gasteiger partial charge in [0.1, 0.15) is 22.9 Å². The van der Waals surface area contributed by atoms with E-state index in [4.69, 9.17) is 9.47 Å². The van der Waals surface area contributed by atoms with Crippen molar-refractivity contribution < 1.29 is 19.1 Å². The molecule has 1 fully saturated rings. The third-order valence-corrected chi connectivity index (χ3v) is 3.87. The van der Waals surface area contributed by atoms with Crippen LogP contribution >= 0.6 is 0 Å². The van der Waals surface area contributed by atoms with Crippen LogP contribution in [0, 0.1) is 5.92 Å². The fraction of sp³-hybridized carbons (Fsp3) is 0.211.